The van der Waals surface area contributed by atoms with Gasteiger partial charge in [-0.05, 0) is 44.8 Å². The van der Waals surface area contributed by atoms with E-state index in [1.54, 1.807) is 24.2 Å². The Morgan fingerprint density at radius 3 is 2.65 bits per heavy atom. The molecule has 8 heteroatoms. The molecule has 0 aliphatic carbocycles. The van der Waals surface area contributed by atoms with Crippen molar-refractivity contribution in [1.82, 2.24) is 20.0 Å². The molecule has 1 aromatic heterocycles. The third-order valence-electron chi connectivity index (χ3n) is 3.58. The van der Waals surface area contributed by atoms with Gasteiger partial charge in [0.1, 0.15) is 5.75 Å². The Morgan fingerprint density at radius 1 is 1.23 bits per heavy atom. The maximum Gasteiger partial charge on any atom is 0.254 e. The topological polar surface area (TPSA) is 59.4 Å². The highest BCUT2D eigenvalue weighted by Crippen LogP contribution is 2.21. The molecule has 0 spiro atoms. The van der Waals surface area contributed by atoms with E-state index in [0.29, 0.717) is 12.1 Å². The first-order valence-corrected chi connectivity index (χ1v) is 11.0. The van der Waals surface area contributed by atoms with E-state index >= 15 is 0 Å². The fourth-order valence-corrected chi connectivity index (χ4v) is 4.31. The molecular formula is C18H26N4O2S2. The summed E-state index contributed by atoms with van der Waals surface area (Å²) in [4.78, 5) is 14.4. The summed E-state index contributed by atoms with van der Waals surface area (Å²) in [7, 11) is 9.53. The number of carbonyl (C=O) groups is 1. The van der Waals surface area contributed by atoms with Gasteiger partial charge in [0.25, 0.3) is 5.91 Å². The Bertz CT molecular complexity index is 674. The van der Waals surface area contributed by atoms with E-state index in [2.05, 4.69) is 29.4 Å². The maximum atomic E-state index is 12.2. The van der Waals surface area contributed by atoms with Crippen LogP contribution in [0.15, 0.2) is 36.7 Å². The van der Waals surface area contributed by atoms with E-state index in [1.165, 1.54) is 0 Å². The van der Waals surface area contributed by atoms with E-state index < -0.39 is 0 Å². The standard InChI is InChI=1S/C18H26N4O2S2/c1-21(2)10-12-26-25-11-4-9-19-18(23)15-13-20-22(14-15)16-5-7-17(24-3)8-6-16/h5-8,13-14H,4,9-12H2,1-3H3,(H,19,23). The summed E-state index contributed by atoms with van der Waals surface area (Å²) in [6, 6.07) is 7.54. The van der Waals surface area contributed by atoms with Crippen molar-refractivity contribution in [3.05, 3.63) is 42.2 Å². The van der Waals surface area contributed by atoms with Gasteiger partial charge in [0.05, 0.1) is 24.6 Å². The lowest BCUT2D eigenvalue weighted by Crippen LogP contribution is -2.24. The Labute approximate surface area is 163 Å². The fourth-order valence-electron chi connectivity index (χ4n) is 2.09. The summed E-state index contributed by atoms with van der Waals surface area (Å²) < 4.78 is 6.83. The Kier molecular flexibility index (Phi) is 8.87. The van der Waals surface area contributed by atoms with Gasteiger partial charge in [0, 0.05) is 30.8 Å². The van der Waals surface area contributed by atoms with Crippen molar-refractivity contribution in [2.45, 2.75) is 6.42 Å². The Balaban J connectivity index is 1.69. The highest BCUT2D eigenvalue weighted by atomic mass is 33.1. The second kappa shape index (κ2) is 11.2. The van der Waals surface area contributed by atoms with Crippen LogP contribution in [0.2, 0.25) is 0 Å². The van der Waals surface area contributed by atoms with Crippen molar-refractivity contribution in [2.75, 3.05) is 45.8 Å². The molecule has 0 radical (unpaired) electrons. The zero-order valence-corrected chi connectivity index (χ0v) is 17.1. The summed E-state index contributed by atoms with van der Waals surface area (Å²) in [5.41, 5.74) is 1.45. The van der Waals surface area contributed by atoms with Crippen LogP contribution < -0.4 is 10.1 Å². The number of nitrogens with one attached hydrogen (secondary N) is 1. The molecular weight excluding hydrogens is 368 g/mol. The fraction of sp³-hybridized carbons (Fsp3) is 0.444. The summed E-state index contributed by atoms with van der Waals surface area (Å²) in [5, 5.41) is 7.21. The largest absolute Gasteiger partial charge is 0.497 e. The minimum Gasteiger partial charge on any atom is -0.497 e. The third-order valence-corrected chi connectivity index (χ3v) is 6.05. The summed E-state index contributed by atoms with van der Waals surface area (Å²) in [5.74, 6) is 2.85. The maximum absolute atomic E-state index is 12.2. The van der Waals surface area contributed by atoms with E-state index in [9.17, 15) is 4.79 Å². The van der Waals surface area contributed by atoms with Crippen LogP contribution in [0, 0.1) is 0 Å². The highest BCUT2D eigenvalue weighted by molar-refractivity contribution is 8.76. The van der Waals surface area contributed by atoms with Crippen molar-refractivity contribution in [3.8, 4) is 11.4 Å². The molecule has 0 saturated heterocycles. The number of methoxy groups -OCH3 is 1. The van der Waals surface area contributed by atoms with Crippen LogP contribution in [-0.2, 0) is 0 Å². The molecule has 1 amide bonds. The molecule has 1 N–H and O–H groups in total. The minimum atomic E-state index is -0.0879. The second-order valence-corrected chi connectivity index (χ2v) is 8.63. The summed E-state index contributed by atoms with van der Waals surface area (Å²) in [6.45, 7) is 1.76. The van der Waals surface area contributed by atoms with Gasteiger partial charge < -0.3 is 15.0 Å². The van der Waals surface area contributed by atoms with Crippen LogP contribution in [0.25, 0.3) is 5.69 Å². The van der Waals surface area contributed by atoms with Crippen LogP contribution in [0.5, 0.6) is 5.75 Å². The van der Waals surface area contributed by atoms with Gasteiger partial charge in [-0.25, -0.2) is 4.68 Å². The number of hydrogen-bond acceptors (Lipinski definition) is 6. The average molecular weight is 395 g/mol. The van der Waals surface area contributed by atoms with Gasteiger partial charge in [-0.3, -0.25) is 4.79 Å². The summed E-state index contributed by atoms with van der Waals surface area (Å²) >= 11 is 0. The number of ether oxygens (including phenoxy) is 1. The van der Waals surface area contributed by atoms with E-state index in [4.69, 9.17) is 4.74 Å². The first-order valence-electron chi connectivity index (χ1n) is 8.46. The zero-order valence-electron chi connectivity index (χ0n) is 15.5. The minimum absolute atomic E-state index is 0.0879. The van der Waals surface area contributed by atoms with Crippen LogP contribution in [0.3, 0.4) is 0 Å². The molecule has 0 bridgehead atoms. The lowest BCUT2D eigenvalue weighted by atomic mass is 10.3. The number of rotatable bonds is 11. The van der Waals surface area contributed by atoms with Crippen molar-refractivity contribution >= 4 is 27.5 Å². The Hall–Kier alpha value is -1.64. The van der Waals surface area contributed by atoms with Crippen molar-refractivity contribution < 1.29 is 9.53 Å². The van der Waals surface area contributed by atoms with Gasteiger partial charge >= 0.3 is 0 Å². The average Bonchev–Trinajstić information content (AvgIpc) is 3.14. The van der Waals surface area contributed by atoms with Crippen LogP contribution in [-0.4, -0.2) is 66.4 Å². The van der Waals surface area contributed by atoms with Crippen molar-refractivity contribution in [3.63, 3.8) is 0 Å². The molecule has 142 valence electrons. The lowest BCUT2D eigenvalue weighted by Gasteiger charge is -2.08. The van der Waals surface area contributed by atoms with Gasteiger partial charge in [-0.2, -0.15) is 5.10 Å². The molecule has 0 aliphatic heterocycles. The van der Waals surface area contributed by atoms with Gasteiger partial charge in [0.15, 0.2) is 0 Å². The summed E-state index contributed by atoms with van der Waals surface area (Å²) in [6.07, 6.45) is 4.28. The number of benzene rings is 1. The highest BCUT2D eigenvalue weighted by Gasteiger charge is 2.09. The molecule has 0 unspecified atom stereocenters. The number of hydrogen-bond donors (Lipinski definition) is 1. The van der Waals surface area contributed by atoms with E-state index in [-0.39, 0.29) is 5.91 Å². The quantitative estimate of drug-likeness (QED) is 0.467. The van der Waals surface area contributed by atoms with Gasteiger partial charge in [0.2, 0.25) is 0 Å². The van der Waals surface area contributed by atoms with Gasteiger partial charge in [-0.1, -0.05) is 21.6 Å². The van der Waals surface area contributed by atoms with Crippen LogP contribution in [0.1, 0.15) is 16.8 Å². The first-order chi connectivity index (χ1) is 12.6. The monoisotopic (exact) mass is 394 g/mol. The molecule has 0 saturated carbocycles. The molecule has 1 heterocycles. The Morgan fingerprint density at radius 2 is 1.96 bits per heavy atom. The molecule has 0 aliphatic rings. The van der Waals surface area contributed by atoms with Crippen LogP contribution >= 0.6 is 21.6 Å². The normalized spacial score (nSPS) is 10.9. The zero-order chi connectivity index (χ0) is 18.8. The number of nitrogens with zero attached hydrogens (tertiary/aromatic N) is 3. The smallest absolute Gasteiger partial charge is 0.254 e. The van der Waals surface area contributed by atoms with Crippen LogP contribution in [0.4, 0.5) is 0 Å². The van der Waals surface area contributed by atoms with Crippen molar-refractivity contribution in [2.24, 2.45) is 0 Å². The molecule has 2 aromatic rings. The molecule has 2 rings (SSSR count). The molecule has 26 heavy (non-hydrogen) atoms. The second-order valence-electron chi connectivity index (χ2n) is 5.93. The predicted molar refractivity (Wildman–Crippen MR) is 111 cm³/mol. The number of carbonyl (C=O) groups excluding carboxylic acids is 1. The predicted octanol–water partition coefficient (Wildman–Crippen LogP) is 2.94. The molecule has 6 nitrogen and oxygen atoms in total. The number of aromatic nitrogens is 2. The van der Waals surface area contributed by atoms with E-state index in [0.717, 1.165) is 35.9 Å². The SMILES string of the molecule is COc1ccc(-n2cc(C(=O)NCCCSSCCN(C)C)cn2)cc1. The third kappa shape index (κ3) is 6.93. The molecule has 1 aromatic carbocycles. The lowest BCUT2D eigenvalue weighted by molar-refractivity contribution is 0.0954. The van der Waals surface area contributed by atoms with Gasteiger partial charge in [-0.15, -0.1) is 0 Å². The first kappa shape index (κ1) is 20.7. The number of amides is 1. The molecule has 0 fully saturated rings. The molecule has 0 atom stereocenters. The van der Waals surface area contributed by atoms with E-state index in [1.807, 2.05) is 45.9 Å². The van der Waals surface area contributed by atoms with Crippen molar-refractivity contribution in [1.29, 1.82) is 0 Å².